The van der Waals surface area contributed by atoms with Crippen molar-refractivity contribution in [3.63, 3.8) is 0 Å². The van der Waals surface area contributed by atoms with Gasteiger partial charge in [0.05, 0.1) is 11.8 Å². The van der Waals surface area contributed by atoms with Gasteiger partial charge in [-0.3, -0.25) is 4.79 Å². The Labute approximate surface area is 137 Å². The third-order valence-corrected chi connectivity index (χ3v) is 5.14. The van der Waals surface area contributed by atoms with E-state index in [9.17, 15) is 4.79 Å². The van der Waals surface area contributed by atoms with Gasteiger partial charge >= 0.3 is 0 Å². The topological polar surface area (TPSA) is 29.1 Å². The monoisotopic (exact) mass is 337 g/mol. The SMILES string of the molecule is CSc1ccccc1C(Cl)c1cc2c(cc1Cl)NC(=O)C2. The summed E-state index contributed by atoms with van der Waals surface area (Å²) in [5.74, 6) is -0.00569. The molecule has 3 rings (SSSR count). The van der Waals surface area contributed by atoms with E-state index in [4.69, 9.17) is 23.2 Å². The van der Waals surface area contributed by atoms with Crippen LogP contribution in [-0.2, 0) is 11.2 Å². The standard InChI is InChI=1S/C16H13Cl2NOS/c1-21-14-5-3-2-4-10(14)16(18)11-6-9-7-15(20)19-13(9)8-12(11)17/h2-6,8,16H,7H2,1H3,(H,19,20). The highest BCUT2D eigenvalue weighted by Gasteiger charge is 2.23. The van der Waals surface area contributed by atoms with E-state index in [1.54, 1.807) is 17.8 Å². The van der Waals surface area contributed by atoms with Gasteiger partial charge in [0, 0.05) is 15.6 Å². The van der Waals surface area contributed by atoms with Crippen LogP contribution in [0.2, 0.25) is 5.02 Å². The lowest BCUT2D eigenvalue weighted by Crippen LogP contribution is -2.03. The molecule has 0 spiro atoms. The van der Waals surface area contributed by atoms with Gasteiger partial charge in [-0.25, -0.2) is 0 Å². The molecule has 5 heteroatoms. The number of hydrogen-bond donors (Lipinski definition) is 1. The Hall–Kier alpha value is -1.16. The normalized spacial score (nSPS) is 14.7. The number of halogens is 2. The average Bonchev–Trinajstić information content (AvgIpc) is 2.84. The number of thioether (sulfide) groups is 1. The zero-order valence-electron chi connectivity index (χ0n) is 11.3. The van der Waals surface area contributed by atoms with Gasteiger partial charge in [0.15, 0.2) is 0 Å². The Morgan fingerprint density at radius 2 is 2.00 bits per heavy atom. The summed E-state index contributed by atoms with van der Waals surface area (Å²) in [5.41, 5.74) is 3.61. The second-order valence-electron chi connectivity index (χ2n) is 4.86. The van der Waals surface area contributed by atoms with Crippen molar-refractivity contribution >= 4 is 46.6 Å². The lowest BCUT2D eigenvalue weighted by atomic mass is 10.0. The van der Waals surface area contributed by atoms with E-state index in [0.29, 0.717) is 11.4 Å². The number of carbonyl (C=O) groups excluding carboxylic acids is 1. The molecule has 0 aliphatic carbocycles. The van der Waals surface area contributed by atoms with Crippen molar-refractivity contribution in [1.29, 1.82) is 0 Å². The fourth-order valence-electron chi connectivity index (χ4n) is 2.50. The largest absolute Gasteiger partial charge is 0.325 e. The minimum atomic E-state index is -0.331. The van der Waals surface area contributed by atoms with Crippen molar-refractivity contribution in [3.8, 4) is 0 Å². The van der Waals surface area contributed by atoms with Crippen molar-refractivity contribution in [1.82, 2.24) is 0 Å². The van der Waals surface area contributed by atoms with Gasteiger partial charge in [0.1, 0.15) is 0 Å². The minimum Gasteiger partial charge on any atom is -0.325 e. The number of alkyl halides is 1. The van der Waals surface area contributed by atoms with Crippen LogP contribution in [0.15, 0.2) is 41.3 Å². The van der Waals surface area contributed by atoms with Gasteiger partial charge < -0.3 is 5.32 Å². The molecule has 1 heterocycles. The Bertz CT molecular complexity index is 717. The van der Waals surface area contributed by atoms with Crippen LogP contribution in [0.1, 0.15) is 22.1 Å². The van der Waals surface area contributed by atoms with Crippen LogP contribution in [0.3, 0.4) is 0 Å². The molecule has 108 valence electrons. The van der Waals surface area contributed by atoms with Gasteiger partial charge in [-0.1, -0.05) is 29.8 Å². The number of amides is 1. The van der Waals surface area contributed by atoms with Crippen molar-refractivity contribution in [2.24, 2.45) is 0 Å². The molecule has 0 aromatic heterocycles. The number of carbonyl (C=O) groups is 1. The second-order valence-corrected chi connectivity index (χ2v) is 6.55. The third kappa shape index (κ3) is 2.78. The molecule has 1 aliphatic heterocycles. The molecule has 21 heavy (non-hydrogen) atoms. The molecule has 0 saturated heterocycles. The fraction of sp³-hybridized carbons (Fsp3) is 0.188. The van der Waals surface area contributed by atoms with Crippen molar-refractivity contribution in [2.45, 2.75) is 16.7 Å². The van der Waals surface area contributed by atoms with E-state index in [1.807, 2.05) is 36.6 Å². The summed E-state index contributed by atoms with van der Waals surface area (Å²) >= 11 is 14.7. The maximum absolute atomic E-state index is 11.5. The van der Waals surface area contributed by atoms with Crippen molar-refractivity contribution < 1.29 is 4.79 Å². The zero-order valence-corrected chi connectivity index (χ0v) is 13.6. The molecule has 1 unspecified atom stereocenters. The quantitative estimate of drug-likeness (QED) is 0.638. The molecule has 1 aliphatic rings. The Morgan fingerprint density at radius 3 is 2.76 bits per heavy atom. The zero-order chi connectivity index (χ0) is 15.0. The number of hydrogen-bond acceptors (Lipinski definition) is 2. The van der Waals surface area contributed by atoms with E-state index < -0.39 is 0 Å². The van der Waals surface area contributed by atoms with Gasteiger partial charge in [-0.05, 0) is 41.1 Å². The Balaban J connectivity index is 2.04. The van der Waals surface area contributed by atoms with E-state index in [2.05, 4.69) is 5.32 Å². The first-order chi connectivity index (χ1) is 10.1. The molecule has 2 aromatic rings. The summed E-state index contributed by atoms with van der Waals surface area (Å²) in [6, 6.07) is 11.7. The maximum Gasteiger partial charge on any atom is 0.228 e. The third-order valence-electron chi connectivity index (χ3n) is 3.53. The highest BCUT2D eigenvalue weighted by Crippen LogP contribution is 2.40. The molecule has 0 radical (unpaired) electrons. The number of benzene rings is 2. The molecule has 2 nitrogen and oxygen atoms in total. The Morgan fingerprint density at radius 1 is 1.24 bits per heavy atom. The Kier molecular flexibility index (Phi) is 4.16. The summed E-state index contributed by atoms with van der Waals surface area (Å²) in [6.45, 7) is 0. The van der Waals surface area contributed by atoms with Crippen LogP contribution >= 0.6 is 35.0 Å². The number of rotatable bonds is 3. The molecule has 1 amide bonds. The molecule has 0 fully saturated rings. The summed E-state index contributed by atoms with van der Waals surface area (Å²) in [7, 11) is 0. The average molecular weight is 338 g/mol. The van der Waals surface area contributed by atoms with Crippen LogP contribution in [0.5, 0.6) is 0 Å². The number of nitrogens with one attached hydrogen (secondary N) is 1. The summed E-state index contributed by atoms with van der Waals surface area (Å²) in [4.78, 5) is 12.6. The lowest BCUT2D eigenvalue weighted by molar-refractivity contribution is -0.115. The summed E-state index contributed by atoms with van der Waals surface area (Å²) in [6.07, 6.45) is 2.41. The van der Waals surface area contributed by atoms with Gasteiger partial charge in [0.25, 0.3) is 0 Å². The molecule has 1 atom stereocenters. The van der Waals surface area contributed by atoms with Crippen LogP contribution in [-0.4, -0.2) is 12.2 Å². The molecule has 0 bridgehead atoms. The molecule has 1 N–H and O–H groups in total. The molecule has 2 aromatic carbocycles. The van der Waals surface area contributed by atoms with Gasteiger partial charge in [0.2, 0.25) is 5.91 Å². The highest BCUT2D eigenvalue weighted by molar-refractivity contribution is 7.98. The van der Waals surface area contributed by atoms with Crippen LogP contribution in [0.4, 0.5) is 5.69 Å². The summed E-state index contributed by atoms with van der Waals surface area (Å²) < 4.78 is 0. The van der Waals surface area contributed by atoms with Crippen LogP contribution in [0.25, 0.3) is 0 Å². The minimum absolute atomic E-state index is 0.00569. The number of anilines is 1. The van der Waals surface area contributed by atoms with Gasteiger partial charge in [-0.15, -0.1) is 23.4 Å². The predicted octanol–water partition coefficient (Wildman–Crippen LogP) is 4.88. The highest BCUT2D eigenvalue weighted by atomic mass is 35.5. The first kappa shape index (κ1) is 14.8. The van der Waals surface area contributed by atoms with E-state index >= 15 is 0 Å². The smallest absolute Gasteiger partial charge is 0.228 e. The molecule has 0 saturated carbocycles. The first-order valence-electron chi connectivity index (χ1n) is 6.49. The van der Waals surface area contributed by atoms with Gasteiger partial charge in [-0.2, -0.15) is 0 Å². The lowest BCUT2D eigenvalue weighted by Gasteiger charge is -2.16. The first-order valence-corrected chi connectivity index (χ1v) is 8.53. The summed E-state index contributed by atoms with van der Waals surface area (Å²) in [5, 5.41) is 3.04. The maximum atomic E-state index is 11.5. The van der Waals surface area contributed by atoms with Crippen LogP contribution in [0, 0.1) is 0 Å². The number of fused-ring (bicyclic) bond motifs is 1. The molecular formula is C16H13Cl2NOS. The van der Waals surface area contributed by atoms with Crippen molar-refractivity contribution in [3.05, 3.63) is 58.1 Å². The van der Waals surface area contributed by atoms with Crippen molar-refractivity contribution in [2.75, 3.05) is 11.6 Å². The van der Waals surface area contributed by atoms with E-state index in [-0.39, 0.29) is 11.3 Å². The second kappa shape index (κ2) is 5.91. The van der Waals surface area contributed by atoms with E-state index in [1.165, 1.54) is 0 Å². The predicted molar refractivity (Wildman–Crippen MR) is 89.7 cm³/mol. The van der Waals surface area contributed by atoms with Crippen LogP contribution < -0.4 is 5.32 Å². The van der Waals surface area contributed by atoms with E-state index in [0.717, 1.165) is 27.3 Å². The fourth-order valence-corrected chi connectivity index (χ4v) is 3.91. The molecular weight excluding hydrogens is 325 g/mol.